The van der Waals surface area contributed by atoms with Crippen LogP contribution in [0.2, 0.25) is 0 Å². The third-order valence-electron chi connectivity index (χ3n) is 2.62. The lowest BCUT2D eigenvalue weighted by Gasteiger charge is -2.00. The smallest absolute Gasteiger partial charge is 0.112 e. The number of pyridine rings is 1. The molecule has 0 aromatic carbocycles. The van der Waals surface area contributed by atoms with E-state index in [-0.39, 0.29) is 0 Å². The summed E-state index contributed by atoms with van der Waals surface area (Å²) in [5.41, 5.74) is 2.00. The van der Waals surface area contributed by atoms with Crippen molar-refractivity contribution in [3.8, 4) is 0 Å². The molecule has 1 N–H and O–H groups in total. The van der Waals surface area contributed by atoms with Gasteiger partial charge in [0.05, 0.1) is 23.8 Å². The van der Waals surface area contributed by atoms with Gasteiger partial charge in [-0.15, -0.1) is 0 Å². The van der Waals surface area contributed by atoms with E-state index >= 15 is 0 Å². The number of rotatable bonds is 1. The van der Waals surface area contributed by atoms with Gasteiger partial charge in [0.25, 0.3) is 0 Å². The average molecular weight is 189 g/mol. The maximum absolute atomic E-state index is 5.33. The molecule has 3 heterocycles. The number of nitrogens with zero attached hydrogens (tertiary/aromatic N) is 2. The third-order valence-corrected chi connectivity index (χ3v) is 2.62. The van der Waals surface area contributed by atoms with E-state index in [1.165, 1.54) is 0 Å². The summed E-state index contributed by atoms with van der Waals surface area (Å²) in [6.45, 7) is 1.63. The lowest BCUT2D eigenvalue weighted by Crippen LogP contribution is -1.99. The molecule has 72 valence electrons. The molecular formula is C10H11N3O. The van der Waals surface area contributed by atoms with E-state index < -0.39 is 0 Å². The molecule has 1 aliphatic rings. The van der Waals surface area contributed by atoms with E-state index in [9.17, 15) is 0 Å². The minimum atomic E-state index is 0.433. The molecule has 4 heteroatoms. The first-order chi connectivity index (χ1) is 6.93. The minimum absolute atomic E-state index is 0.433. The number of aromatic nitrogens is 3. The van der Waals surface area contributed by atoms with Crippen molar-refractivity contribution in [2.45, 2.75) is 12.3 Å². The summed E-state index contributed by atoms with van der Waals surface area (Å²) in [4.78, 5) is 11.9. The number of hydrogen-bond acceptors (Lipinski definition) is 3. The van der Waals surface area contributed by atoms with Gasteiger partial charge in [0.2, 0.25) is 0 Å². The van der Waals surface area contributed by atoms with Gasteiger partial charge in [0, 0.05) is 18.7 Å². The molecule has 14 heavy (non-hydrogen) atoms. The molecule has 0 amide bonds. The van der Waals surface area contributed by atoms with Crippen molar-refractivity contribution in [3.63, 3.8) is 0 Å². The van der Waals surface area contributed by atoms with Crippen LogP contribution in [0.15, 0.2) is 18.5 Å². The highest BCUT2D eigenvalue weighted by molar-refractivity contribution is 5.73. The zero-order chi connectivity index (χ0) is 9.38. The van der Waals surface area contributed by atoms with Gasteiger partial charge in [0.1, 0.15) is 5.82 Å². The lowest BCUT2D eigenvalue weighted by molar-refractivity contribution is 0.193. The zero-order valence-electron chi connectivity index (χ0n) is 7.73. The highest BCUT2D eigenvalue weighted by atomic mass is 16.5. The number of hydrogen-bond donors (Lipinski definition) is 1. The van der Waals surface area contributed by atoms with Gasteiger partial charge < -0.3 is 9.72 Å². The Labute approximate surface area is 81.3 Å². The molecule has 0 spiro atoms. The Morgan fingerprint density at radius 2 is 2.50 bits per heavy atom. The van der Waals surface area contributed by atoms with E-state index in [0.717, 1.165) is 36.5 Å². The maximum Gasteiger partial charge on any atom is 0.112 e. The van der Waals surface area contributed by atoms with Crippen LogP contribution < -0.4 is 0 Å². The van der Waals surface area contributed by atoms with Crippen molar-refractivity contribution in [2.24, 2.45) is 0 Å². The topological polar surface area (TPSA) is 50.8 Å². The summed E-state index contributed by atoms with van der Waals surface area (Å²) in [5.74, 6) is 1.47. The second kappa shape index (κ2) is 3.06. The second-order valence-electron chi connectivity index (χ2n) is 3.58. The first kappa shape index (κ1) is 7.94. The van der Waals surface area contributed by atoms with Crippen LogP contribution in [-0.4, -0.2) is 28.2 Å². The lowest BCUT2D eigenvalue weighted by atomic mass is 10.1. The van der Waals surface area contributed by atoms with Gasteiger partial charge in [-0.25, -0.2) is 4.98 Å². The maximum atomic E-state index is 5.33. The number of aromatic amines is 1. The summed E-state index contributed by atoms with van der Waals surface area (Å²) >= 11 is 0. The Kier molecular flexibility index (Phi) is 1.73. The van der Waals surface area contributed by atoms with E-state index in [1.54, 1.807) is 6.20 Å². The van der Waals surface area contributed by atoms with Gasteiger partial charge in [-0.1, -0.05) is 0 Å². The van der Waals surface area contributed by atoms with E-state index in [0.29, 0.717) is 5.92 Å². The van der Waals surface area contributed by atoms with Gasteiger partial charge in [-0.3, -0.25) is 4.98 Å². The largest absolute Gasteiger partial charge is 0.381 e. The molecule has 3 rings (SSSR count). The van der Waals surface area contributed by atoms with Crippen molar-refractivity contribution in [2.75, 3.05) is 13.2 Å². The first-order valence-corrected chi connectivity index (χ1v) is 4.81. The van der Waals surface area contributed by atoms with Crippen molar-refractivity contribution < 1.29 is 4.74 Å². The molecule has 1 saturated heterocycles. The number of ether oxygens (including phenoxy) is 1. The highest BCUT2D eigenvalue weighted by Gasteiger charge is 2.20. The number of H-pyrrole nitrogens is 1. The van der Waals surface area contributed by atoms with Crippen LogP contribution in [0, 0.1) is 0 Å². The predicted octanol–water partition coefficient (Wildman–Crippen LogP) is 1.46. The van der Waals surface area contributed by atoms with Crippen LogP contribution in [0.25, 0.3) is 11.0 Å². The molecule has 2 aromatic rings. The number of fused-ring (bicyclic) bond motifs is 1. The zero-order valence-corrected chi connectivity index (χ0v) is 7.73. The van der Waals surface area contributed by atoms with Gasteiger partial charge in [0.15, 0.2) is 0 Å². The molecule has 1 aliphatic heterocycles. The number of imidazole rings is 1. The molecule has 0 radical (unpaired) electrons. The quantitative estimate of drug-likeness (QED) is 0.738. The van der Waals surface area contributed by atoms with Crippen molar-refractivity contribution in [3.05, 3.63) is 24.3 Å². The molecule has 0 aliphatic carbocycles. The third kappa shape index (κ3) is 1.19. The Morgan fingerprint density at radius 3 is 3.29 bits per heavy atom. The molecule has 2 aromatic heterocycles. The SMILES string of the molecule is c1cc2nc(C3CCOC3)[nH]c2cn1. The van der Waals surface area contributed by atoms with Crippen LogP contribution in [0.4, 0.5) is 0 Å². The fourth-order valence-corrected chi connectivity index (χ4v) is 1.82. The fraction of sp³-hybridized carbons (Fsp3) is 0.400. The van der Waals surface area contributed by atoms with Gasteiger partial charge >= 0.3 is 0 Å². The van der Waals surface area contributed by atoms with E-state index in [2.05, 4.69) is 15.0 Å². The van der Waals surface area contributed by atoms with Gasteiger partial charge in [-0.05, 0) is 12.5 Å². The van der Waals surface area contributed by atoms with Crippen LogP contribution in [0.1, 0.15) is 18.2 Å². The fourth-order valence-electron chi connectivity index (χ4n) is 1.82. The van der Waals surface area contributed by atoms with Crippen LogP contribution in [0.5, 0.6) is 0 Å². The summed E-state index contributed by atoms with van der Waals surface area (Å²) < 4.78 is 5.33. The summed E-state index contributed by atoms with van der Waals surface area (Å²) in [6, 6.07) is 1.92. The molecule has 0 bridgehead atoms. The Morgan fingerprint density at radius 1 is 1.50 bits per heavy atom. The average Bonchev–Trinajstić information content (AvgIpc) is 2.86. The number of nitrogens with one attached hydrogen (secondary N) is 1. The van der Waals surface area contributed by atoms with Crippen molar-refractivity contribution >= 4 is 11.0 Å². The highest BCUT2D eigenvalue weighted by Crippen LogP contribution is 2.24. The van der Waals surface area contributed by atoms with Crippen LogP contribution in [0.3, 0.4) is 0 Å². The minimum Gasteiger partial charge on any atom is -0.381 e. The molecule has 1 atom stereocenters. The summed E-state index contributed by atoms with van der Waals surface area (Å²) in [6.07, 6.45) is 4.63. The molecule has 1 unspecified atom stereocenters. The monoisotopic (exact) mass is 189 g/mol. The normalized spacial score (nSPS) is 21.9. The van der Waals surface area contributed by atoms with E-state index in [4.69, 9.17) is 4.74 Å². The standard InChI is InChI=1S/C10H11N3O/c1-3-11-5-9-8(1)12-10(13-9)7-2-4-14-6-7/h1,3,5,7H,2,4,6H2,(H,12,13). The first-order valence-electron chi connectivity index (χ1n) is 4.81. The summed E-state index contributed by atoms with van der Waals surface area (Å²) in [7, 11) is 0. The summed E-state index contributed by atoms with van der Waals surface area (Å²) in [5, 5.41) is 0. The molecule has 4 nitrogen and oxygen atoms in total. The van der Waals surface area contributed by atoms with Crippen molar-refractivity contribution in [1.29, 1.82) is 0 Å². The Bertz CT molecular complexity index is 412. The molecule has 0 saturated carbocycles. The van der Waals surface area contributed by atoms with Crippen LogP contribution >= 0.6 is 0 Å². The van der Waals surface area contributed by atoms with E-state index in [1.807, 2.05) is 12.3 Å². The molecule has 1 fully saturated rings. The van der Waals surface area contributed by atoms with Crippen LogP contribution in [-0.2, 0) is 4.74 Å². The van der Waals surface area contributed by atoms with Gasteiger partial charge in [-0.2, -0.15) is 0 Å². The second-order valence-corrected chi connectivity index (χ2v) is 3.58. The van der Waals surface area contributed by atoms with Crippen molar-refractivity contribution in [1.82, 2.24) is 15.0 Å². The Hall–Kier alpha value is -1.42. The molecular weight excluding hydrogens is 178 g/mol. The predicted molar refractivity (Wildman–Crippen MR) is 52.1 cm³/mol. The Balaban J connectivity index is 2.05.